The molecule has 3 rings (SSSR count). The minimum atomic E-state index is -0.223. The van der Waals surface area contributed by atoms with E-state index in [0.717, 1.165) is 48.1 Å². The Morgan fingerprint density at radius 1 is 0.966 bits per heavy atom. The number of benzene rings is 2. The molecule has 4 heteroatoms. The largest absolute Gasteiger partial charge is 0.337 e. The number of hydrogen-bond acceptors (Lipinski definition) is 1. The topological polar surface area (TPSA) is 41.1 Å². The van der Waals surface area contributed by atoms with Crippen LogP contribution in [-0.2, 0) is 5.41 Å². The molecule has 0 heterocycles. The van der Waals surface area contributed by atoms with E-state index < -0.39 is 0 Å². The number of para-hydroxylation sites is 1. The standard InChI is InChI=1S/C25H33FN2O/c1-17(2)21-8-7-9-22(18(3)4)23(21)28-24(29)27-16-25(14-5-6-15-25)19-10-12-20(26)13-11-19/h7-13,17-18H,5-6,14-16H2,1-4H3,(H2,27,28,29). The molecule has 156 valence electrons. The van der Waals surface area contributed by atoms with Gasteiger partial charge in [0.25, 0.3) is 0 Å². The summed E-state index contributed by atoms with van der Waals surface area (Å²) in [5, 5.41) is 6.25. The fraction of sp³-hybridized carbons (Fsp3) is 0.480. The van der Waals surface area contributed by atoms with Crippen LogP contribution in [-0.4, -0.2) is 12.6 Å². The SMILES string of the molecule is CC(C)c1cccc(C(C)C)c1NC(=O)NCC1(c2ccc(F)cc2)CCCC1. The van der Waals surface area contributed by atoms with E-state index in [1.807, 2.05) is 12.1 Å². The first-order valence-corrected chi connectivity index (χ1v) is 10.8. The molecule has 0 radical (unpaired) electrons. The maximum atomic E-state index is 13.4. The predicted octanol–water partition coefficient (Wildman–Crippen LogP) is 6.71. The number of carbonyl (C=O) groups excluding carboxylic acids is 1. The summed E-state index contributed by atoms with van der Waals surface area (Å²) in [6.07, 6.45) is 4.29. The summed E-state index contributed by atoms with van der Waals surface area (Å²) in [5.41, 5.74) is 4.24. The minimum Gasteiger partial charge on any atom is -0.337 e. The zero-order valence-electron chi connectivity index (χ0n) is 18.0. The minimum absolute atomic E-state index is 0.108. The molecule has 0 bridgehead atoms. The van der Waals surface area contributed by atoms with Crippen LogP contribution in [0.3, 0.4) is 0 Å². The number of carbonyl (C=O) groups is 1. The van der Waals surface area contributed by atoms with Crippen molar-refractivity contribution in [1.29, 1.82) is 0 Å². The molecule has 1 aliphatic rings. The van der Waals surface area contributed by atoms with Crippen LogP contribution in [0.15, 0.2) is 42.5 Å². The van der Waals surface area contributed by atoms with Crippen LogP contribution in [0.2, 0.25) is 0 Å². The van der Waals surface area contributed by atoms with Crippen molar-refractivity contribution in [2.45, 2.75) is 70.6 Å². The number of amides is 2. The Kier molecular flexibility index (Phi) is 6.61. The Hall–Kier alpha value is -2.36. The Bertz CT molecular complexity index is 810. The molecule has 0 saturated heterocycles. The van der Waals surface area contributed by atoms with E-state index in [0.29, 0.717) is 18.4 Å². The number of hydrogen-bond donors (Lipinski definition) is 2. The molecular formula is C25H33FN2O. The third-order valence-electron chi connectivity index (χ3n) is 6.22. The van der Waals surface area contributed by atoms with E-state index in [-0.39, 0.29) is 17.3 Å². The second kappa shape index (κ2) is 8.98. The van der Waals surface area contributed by atoms with E-state index >= 15 is 0 Å². The molecule has 2 amide bonds. The van der Waals surface area contributed by atoms with Crippen LogP contribution < -0.4 is 10.6 Å². The Labute approximate surface area is 174 Å². The van der Waals surface area contributed by atoms with Crippen molar-refractivity contribution in [2.75, 3.05) is 11.9 Å². The molecule has 2 N–H and O–H groups in total. The first-order valence-electron chi connectivity index (χ1n) is 10.8. The van der Waals surface area contributed by atoms with E-state index in [9.17, 15) is 9.18 Å². The van der Waals surface area contributed by atoms with Crippen molar-refractivity contribution in [1.82, 2.24) is 5.32 Å². The number of halogens is 1. The van der Waals surface area contributed by atoms with Gasteiger partial charge in [-0.3, -0.25) is 0 Å². The smallest absolute Gasteiger partial charge is 0.319 e. The maximum Gasteiger partial charge on any atom is 0.319 e. The predicted molar refractivity (Wildman–Crippen MR) is 118 cm³/mol. The molecule has 1 saturated carbocycles. The quantitative estimate of drug-likeness (QED) is 0.560. The lowest BCUT2D eigenvalue weighted by atomic mass is 9.79. The summed E-state index contributed by atoms with van der Waals surface area (Å²) in [4.78, 5) is 12.9. The molecule has 1 aliphatic carbocycles. The summed E-state index contributed by atoms with van der Waals surface area (Å²) in [6.45, 7) is 9.13. The van der Waals surface area contributed by atoms with Gasteiger partial charge in [0.1, 0.15) is 5.82 Å². The molecule has 29 heavy (non-hydrogen) atoms. The molecule has 0 aliphatic heterocycles. The molecule has 0 aromatic heterocycles. The molecule has 0 spiro atoms. The van der Waals surface area contributed by atoms with Gasteiger partial charge in [0.05, 0.1) is 0 Å². The van der Waals surface area contributed by atoms with Crippen LogP contribution in [0.1, 0.15) is 81.9 Å². The Morgan fingerprint density at radius 3 is 2.03 bits per heavy atom. The normalized spacial score (nSPS) is 15.7. The van der Waals surface area contributed by atoms with Gasteiger partial charge in [0.15, 0.2) is 0 Å². The first-order chi connectivity index (χ1) is 13.8. The summed E-state index contributed by atoms with van der Waals surface area (Å²) in [6, 6.07) is 12.8. The van der Waals surface area contributed by atoms with Gasteiger partial charge in [-0.1, -0.05) is 70.9 Å². The Morgan fingerprint density at radius 2 is 1.52 bits per heavy atom. The zero-order valence-corrected chi connectivity index (χ0v) is 18.0. The van der Waals surface area contributed by atoms with Crippen molar-refractivity contribution in [3.05, 3.63) is 65.0 Å². The third kappa shape index (κ3) is 4.80. The average molecular weight is 397 g/mol. The molecular weight excluding hydrogens is 363 g/mol. The van der Waals surface area contributed by atoms with Crippen molar-refractivity contribution in [3.63, 3.8) is 0 Å². The zero-order chi connectivity index (χ0) is 21.0. The van der Waals surface area contributed by atoms with Crippen molar-refractivity contribution in [2.24, 2.45) is 0 Å². The summed E-state index contributed by atoms with van der Waals surface area (Å²) in [5.74, 6) is 0.424. The Balaban J connectivity index is 1.76. The lowest BCUT2D eigenvalue weighted by Gasteiger charge is -2.30. The van der Waals surface area contributed by atoms with Crippen LogP contribution >= 0.6 is 0 Å². The van der Waals surface area contributed by atoms with Crippen LogP contribution in [0.25, 0.3) is 0 Å². The lowest BCUT2D eigenvalue weighted by Crippen LogP contribution is -2.41. The van der Waals surface area contributed by atoms with Crippen molar-refractivity contribution >= 4 is 11.7 Å². The highest BCUT2D eigenvalue weighted by Gasteiger charge is 2.36. The number of nitrogens with one attached hydrogen (secondary N) is 2. The van der Waals surface area contributed by atoms with Crippen LogP contribution in [0.5, 0.6) is 0 Å². The van der Waals surface area contributed by atoms with Crippen LogP contribution in [0, 0.1) is 5.82 Å². The van der Waals surface area contributed by atoms with Gasteiger partial charge in [-0.2, -0.15) is 0 Å². The lowest BCUT2D eigenvalue weighted by molar-refractivity contribution is 0.248. The number of anilines is 1. The summed E-state index contributed by atoms with van der Waals surface area (Å²) >= 11 is 0. The first kappa shape index (κ1) is 21.4. The second-order valence-electron chi connectivity index (χ2n) is 8.92. The molecule has 0 unspecified atom stereocenters. The maximum absolute atomic E-state index is 13.4. The van der Waals surface area contributed by atoms with Gasteiger partial charge in [-0.05, 0) is 53.5 Å². The van der Waals surface area contributed by atoms with Gasteiger partial charge in [0, 0.05) is 17.6 Å². The van der Waals surface area contributed by atoms with E-state index in [4.69, 9.17) is 0 Å². The molecule has 3 nitrogen and oxygen atoms in total. The van der Waals surface area contributed by atoms with E-state index in [2.05, 4.69) is 56.5 Å². The summed E-state index contributed by atoms with van der Waals surface area (Å²) < 4.78 is 13.4. The fourth-order valence-corrected chi connectivity index (χ4v) is 4.53. The second-order valence-corrected chi connectivity index (χ2v) is 8.92. The molecule has 0 atom stereocenters. The third-order valence-corrected chi connectivity index (χ3v) is 6.22. The van der Waals surface area contributed by atoms with Gasteiger partial charge in [-0.25, -0.2) is 9.18 Å². The number of rotatable bonds is 6. The van der Waals surface area contributed by atoms with Gasteiger partial charge < -0.3 is 10.6 Å². The molecule has 1 fully saturated rings. The highest BCUT2D eigenvalue weighted by molar-refractivity contribution is 5.91. The highest BCUT2D eigenvalue weighted by Crippen LogP contribution is 2.40. The fourth-order valence-electron chi connectivity index (χ4n) is 4.53. The monoisotopic (exact) mass is 396 g/mol. The number of urea groups is 1. The van der Waals surface area contributed by atoms with Crippen LogP contribution in [0.4, 0.5) is 14.9 Å². The van der Waals surface area contributed by atoms with Gasteiger partial charge in [-0.15, -0.1) is 0 Å². The summed E-state index contributed by atoms with van der Waals surface area (Å²) in [7, 11) is 0. The van der Waals surface area contributed by atoms with E-state index in [1.165, 1.54) is 12.1 Å². The van der Waals surface area contributed by atoms with Gasteiger partial charge >= 0.3 is 6.03 Å². The molecule has 2 aromatic rings. The van der Waals surface area contributed by atoms with Gasteiger partial charge in [0.2, 0.25) is 0 Å². The molecule has 2 aromatic carbocycles. The van der Waals surface area contributed by atoms with Crippen molar-refractivity contribution in [3.8, 4) is 0 Å². The average Bonchev–Trinajstić information content (AvgIpc) is 3.17. The van der Waals surface area contributed by atoms with Crippen molar-refractivity contribution < 1.29 is 9.18 Å². The van der Waals surface area contributed by atoms with E-state index in [1.54, 1.807) is 0 Å². The highest BCUT2D eigenvalue weighted by atomic mass is 19.1.